The topological polar surface area (TPSA) is 71.1 Å². The molecule has 122 valence electrons. The van der Waals surface area contributed by atoms with Crippen molar-refractivity contribution in [3.05, 3.63) is 36.4 Å². The molecule has 0 spiro atoms. The van der Waals surface area contributed by atoms with E-state index in [-0.39, 0.29) is 12.1 Å². The Balaban J connectivity index is 1.78. The number of carbonyl (C=O) groups is 1. The molecule has 0 bridgehead atoms. The van der Waals surface area contributed by atoms with Gasteiger partial charge in [-0.1, -0.05) is 6.07 Å². The third-order valence-corrected chi connectivity index (χ3v) is 3.73. The van der Waals surface area contributed by atoms with Crippen LogP contribution < -0.4 is 0 Å². The van der Waals surface area contributed by atoms with Crippen molar-refractivity contribution in [1.82, 2.24) is 19.9 Å². The third kappa shape index (κ3) is 3.52. The molecule has 1 N–H and O–H groups in total. The van der Waals surface area contributed by atoms with Crippen LogP contribution in [0.25, 0.3) is 11.4 Å². The SMILES string of the molecule is CC(C)(C)OC(=O)N1CCCC1c1ncc(-c2ccccn2)[nH]1. The molecule has 3 heterocycles. The van der Waals surface area contributed by atoms with Crippen LogP contribution in [0.3, 0.4) is 0 Å². The average Bonchev–Trinajstić information content (AvgIpc) is 3.15. The van der Waals surface area contributed by atoms with E-state index in [9.17, 15) is 4.79 Å². The largest absolute Gasteiger partial charge is 0.444 e. The first-order chi connectivity index (χ1) is 10.9. The Hall–Kier alpha value is -2.37. The molecule has 1 amide bonds. The fraction of sp³-hybridized carbons (Fsp3) is 0.471. The number of nitrogens with one attached hydrogen (secondary N) is 1. The predicted molar refractivity (Wildman–Crippen MR) is 86.7 cm³/mol. The first kappa shape index (κ1) is 15.5. The third-order valence-electron chi connectivity index (χ3n) is 3.73. The summed E-state index contributed by atoms with van der Waals surface area (Å²) < 4.78 is 5.50. The van der Waals surface area contributed by atoms with Crippen molar-refractivity contribution in [1.29, 1.82) is 0 Å². The molecule has 2 aromatic rings. The Morgan fingerprint density at radius 2 is 2.17 bits per heavy atom. The number of hydrogen-bond acceptors (Lipinski definition) is 4. The number of hydrogen-bond donors (Lipinski definition) is 1. The first-order valence-corrected chi connectivity index (χ1v) is 7.90. The monoisotopic (exact) mass is 314 g/mol. The molecule has 0 aromatic carbocycles. The van der Waals surface area contributed by atoms with Crippen molar-refractivity contribution in [2.75, 3.05) is 6.54 Å². The highest BCUT2D eigenvalue weighted by Crippen LogP contribution is 2.32. The van der Waals surface area contributed by atoms with Gasteiger partial charge in [-0.2, -0.15) is 0 Å². The molecule has 2 aromatic heterocycles. The Morgan fingerprint density at radius 1 is 1.35 bits per heavy atom. The highest BCUT2D eigenvalue weighted by atomic mass is 16.6. The second-order valence-electron chi connectivity index (χ2n) is 6.73. The van der Waals surface area contributed by atoms with Crippen molar-refractivity contribution in [3.63, 3.8) is 0 Å². The number of amides is 1. The molecule has 6 heteroatoms. The Bertz CT molecular complexity index is 675. The maximum atomic E-state index is 12.4. The molecule has 23 heavy (non-hydrogen) atoms. The second kappa shape index (κ2) is 6.02. The van der Waals surface area contributed by atoms with Crippen LogP contribution in [0, 0.1) is 0 Å². The number of rotatable bonds is 2. The van der Waals surface area contributed by atoms with Gasteiger partial charge in [-0.05, 0) is 45.7 Å². The molecule has 1 fully saturated rings. The zero-order valence-electron chi connectivity index (χ0n) is 13.7. The van der Waals surface area contributed by atoms with Crippen molar-refractivity contribution in [3.8, 4) is 11.4 Å². The minimum Gasteiger partial charge on any atom is -0.444 e. The van der Waals surface area contributed by atoms with Crippen LogP contribution in [0.5, 0.6) is 0 Å². The summed E-state index contributed by atoms with van der Waals surface area (Å²) in [5, 5.41) is 0. The van der Waals surface area contributed by atoms with E-state index < -0.39 is 5.60 Å². The second-order valence-corrected chi connectivity index (χ2v) is 6.73. The number of carbonyl (C=O) groups excluding carboxylic acids is 1. The van der Waals surface area contributed by atoms with Crippen LogP contribution in [0.4, 0.5) is 4.79 Å². The van der Waals surface area contributed by atoms with E-state index in [1.165, 1.54) is 0 Å². The maximum Gasteiger partial charge on any atom is 0.410 e. The van der Waals surface area contributed by atoms with Crippen molar-refractivity contribution in [2.24, 2.45) is 0 Å². The summed E-state index contributed by atoms with van der Waals surface area (Å²) in [7, 11) is 0. The summed E-state index contributed by atoms with van der Waals surface area (Å²) >= 11 is 0. The molecule has 1 atom stereocenters. The normalized spacial score (nSPS) is 18.2. The molecule has 0 saturated carbocycles. The average molecular weight is 314 g/mol. The minimum absolute atomic E-state index is 0.0673. The minimum atomic E-state index is -0.494. The lowest BCUT2D eigenvalue weighted by Gasteiger charge is -2.27. The molecule has 6 nitrogen and oxygen atoms in total. The number of H-pyrrole nitrogens is 1. The summed E-state index contributed by atoms with van der Waals surface area (Å²) in [5.41, 5.74) is 1.21. The predicted octanol–water partition coefficient (Wildman–Crippen LogP) is 3.54. The van der Waals surface area contributed by atoms with Crippen LogP contribution in [0.1, 0.15) is 45.5 Å². The number of nitrogens with zero attached hydrogens (tertiary/aromatic N) is 3. The van der Waals surface area contributed by atoms with E-state index in [2.05, 4.69) is 15.0 Å². The number of aromatic nitrogens is 3. The van der Waals surface area contributed by atoms with Gasteiger partial charge in [0.05, 0.1) is 23.6 Å². The Kier molecular flexibility index (Phi) is 4.07. The van der Waals surface area contributed by atoms with E-state index in [0.29, 0.717) is 6.54 Å². The van der Waals surface area contributed by atoms with Gasteiger partial charge in [0.2, 0.25) is 0 Å². The number of likely N-dealkylation sites (tertiary alicyclic amines) is 1. The fourth-order valence-corrected chi connectivity index (χ4v) is 2.75. The smallest absolute Gasteiger partial charge is 0.410 e. The highest BCUT2D eigenvalue weighted by molar-refractivity contribution is 5.69. The van der Waals surface area contributed by atoms with E-state index >= 15 is 0 Å². The molecular formula is C17H22N4O2. The quantitative estimate of drug-likeness (QED) is 0.920. The number of aromatic amines is 1. The molecule has 1 aliphatic heterocycles. The van der Waals surface area contributed by atoms with Crippen LogP contribution in [-0.4, -0.2) is 38.1 Å². The van der Waals surface area contributed by atoms with Gasteiger partial charge in [-0.15, -0.1) is 0 Å². The van der Waals surface area contributed by atoms with E-state index in [0.717, 1.165) is 30.1 Å². The van der Waals surface area contributed by atoms with Crippen LogP contribution in [0.2, 0.25) is 0 Å². The first-order valence-electron chi connectivity index (χ1n) is 7.90. The lowest BCUT2D eigenvalue weighted by molar-refractivity contribution is 0.0219. The van der Waals surface area contributed by atoms with E-state index in [4.69, 9.17) is 4.74 Å². The van der Waals surface area contributed by atoms with Gasteiger partial charge in [0.15, 0.2) is 0 Å². The van der Waals surface area contributed by atoms with Gasteiger partial charge >= 0.3 is 6.09 Å². The molecular weight excluding hydrogens is 292 g/mol. The number of imidazole rings is 1. The van der Waals surface area contributed by atoms with Crippen LogP contribution in [0.15, 0.2) is 30.6 Å². The molecule has 1 unspecified atom stereocenters. The van der Waals surface area contributed by atoms with Crippen LogP contribution in [-0.2, 0) is 4.74 Å². The standard InChI is InChI=1S/C17H22N4O2/c1-17(2,3)23-16(22)21-10-6-8-14(21)15-19-11-13(20-15)12-7-4-5-9-18-12/h4-5,7,9,11,14H,6,8,10H2,1-3H3,(H,19,20). The van der Waals surface area contributed by atoms with Crippen molar-refractivity contribution < 1.29 is 9.53 Å². The zero-order chi connectivity index (χ0) is 16.4. The number of pyridine rings is 1. The van der Waals surface area contributed by atoms with Gasteiger partial charge in [-0.3, -0.25) is 9.88 Å². The summed E-state index contributed by atoms with van der Waals surface area (Å²) in [5.74, 6) is 0.786. The molecule has 0 aliphatic carbocycles. The highest BCUT2D eigenvalue weighted by Gasteiger charge is 2.34. The maximum absolute atomic E-state index is 12.4. The fourth-order valence-electron chi connectivity index (χ4n) is 2.75. The van der Waals surface area contributed by atoms with Crippen LogP contribution >= 0.6 is 0 Å². The molecule has 0 radical (unpaired) electrons. The van der Waals surface area contributed by atoms with Gasteiger partial charge in [0.1, 0.15) is 11.4 Å². The summed E-state index contributed by atoms with van der Waals surface area (Å²) in [6.45, 7) is 6.32. The Labute approximate surface area is 135 Å². The van der Waals surface area contributed by atoms with Gasteiger partial charge < -0.3 is 9.72 Å². The van der Waals surface area contributed by atoms with Gasteiger partial charge in [0.25, 0.3) is 0 Å². The zero-order valence-corrected chi connectivity index (χ0v) is 13.7. The molecule has 1 saturated heterocycles. The van der Waals surface area contributed by atoms with E-state index in [1.807, 2.05) is 39.0 Å². The van der Waals surface area contributed by atoms with E-state index in [1.54, 1.807) is 17.3 Å². The Morgan fingerprint density at radius 3 is 2.87 bits per heavy atom. The van der Waals surface area contributed by atoms with Gasteiger partial charge in [0, 0.05) is 12.7 Å². The summed E-state index contributed by atoms with van der Waals surface area (Å²) in [6.07, 6.45) is 5.07. The lowest BCUT2D eigenvalue weighted by Crippen LogP contribution is -2.36. The lowest BCUT2D eigenvalue weighted by atomic mass is 10.2. The summed E-state index contributed by atoms with van der Waals surface area (Å²) in [4.78, 5) is 26.2. The van der Waals surface area contributed by atoms with Gasteiger partial charge in [-0.25, -0.2) is 9.78 Å². The molecule has 3 rings (SSSR count). The van der Waals surface area contributed by atoms with Crippen molar-refractivity contribution >= 4 is 6.09 Å². The molecule has 1 aliphatic rings. The number of ether oxygens (including phenoxy) is 1. The summed E-state index contributed by atoms with van der Waals surface area (Å²) in [6, 6.07) is 5.67. The van der Waals surface area contributed by atoms with Crippen molar-refractivity contribution in [2.45, 2.75) is 45.3 Å².